The first-order chi connectivity index (χ1) is 13.8. The molecule has 2 amide bonds. The van der Waals surface area contributed by atoms with Crippen LogP contribution in [0.3, 0.4) is 0 Å². The summed E-state index contributed by atoms with van der Waals surface area (Å²) < 4.78 is 5.17. The van der Waals surface area contributed by atoms with Gasteiger partial charge in [0.15, 0.2) is 0 Å². The van der Waals surface area contributed by atoms with Crippen LogP contribution in [-0.4, -0.2) is 53.7 Å². The van der Waals surface area contributed by atoms with Crippen LogP contribution in [0.25, 0.3) is 0 Å². The van der Waals surface area contributed by atoms with Gasteiger partial charge in [-0.25, -0.2) is 4.79 Å². The maximum Gasteiger partial charge on any atom is 0.408 e. The summed E-state index contributed by atoms with van der Waals surface area (Å²) in [5, 5.41) is 9.46. The summed E-state index contributed by atoms with van der Waals surface area (Å²) >= 11 is 0. The van der Waals surface area contributed by atoms with Crippen LogP contribution in [0, 0.1) is 35.5 Å². The van der Waals surface area contributed by atoms with Crippen molar-refractivity contribution in [2.45, 2.75) is 61.0 Å². The van der Waals surface area contributed by atoms with E-state index in [0.717, 1.165) is 19.0 Å². The summed E-state index contributed by atoms with van der Waals surface area (Å²) in [6, 6.07) is 0. The number of nitrogens with zero attached hydrogens (tertiary/aromatic N) is 1. The Kier molecular flexibility index (Phi) is 9.37. The third-order valence-electron chi connectivity index (χ3n) is 5.73. The first-order valence-corrected chi connectivity index (χ1v) is 10.9. The van der Waals surface area contributed by atoms with Gasteiger partial charge in [-0.2, -0.15) is 0 Å². The topological polar surface area (TPSA) is 95.9 Å². The Morgan fingerprint density at radius 3 is 2.30 bits per heavy atom. The molecular formula is C23H40N2O5. The lowest BCUT2D eigenvalue weighted by Gasteiger charge is -2.33. The average Bonchev–Trinajstić information content (AvgIpc) is 3.23. The highest BCUT2D eigenvalue weighted by atomic mass is 16.6. The van der Waals surface area contributed by atoms with Crippen molar-refractivity contribution in [2.24, 2.45) is 35.5 Å². The zero-order valence-electron chi connectivity index (χ0n) is 19.8. The van der Waals surface area contributed by atoms with Crippen LogP contribution >= 0.6 is 0 Å². The average molecular weight is 425 g/mol. The molecule has 2 N–H and O–H groups in total. The summed E-state index contributed by atoms with van der Waals surface area (Å²) in [7, 11) is 0. The Morgan fingerprint density at radius 2 is 1.80 bits per heavy atom. The molecule has 1 saturated heterocycles. The molecule has 0 aromatic rings. The summed E-state index contributed by atoms with van der Waals surface area (Å²) in [5.74, 6) is 3.92. The van der Waals surface area contributed by atoms with Crippen molar-refractivity contribution in [1.82, 2.24) is 10.2 Å². The lowest BCUT2D eigenvalue weighted by Crippen LogP contribution is -2.41. The third-order valence-corrected chi connectivity index (χ3v) is 5.73. The van der Waals surface area contributed by atoms with Crippen LogP contribution in [0.5, 0.6) is 0 Å². The third kappa shape index (κ3) is 7.03. The van der Waals surface area contributed by atoms with Crippen LogP contribution in [-0.2, 0) is 14.3 Å². The molecule has 3 aliphatic rings. The fourth-order valence-corrected chi connectivity index (χ4v) is 4.49. The molecule has 172 valence electrons. The van der Waals surface area contributed by atoms with Gasteiger partial charge in [0.05, 0.1) is 0 Å². The standard InChI is InChI=1S/C18H28N2O3.C4H10.CH2O2/c1-10-11(2)13-6-12(10)14-8-20(9-15(13)14)16(21)7-19-17(22)23-18(3,4)5;1-4(2)3;2-1-3/h6,10-12,14-15H,7-9H2,1-5H3,(H,19,22);4H,1-3H3;1H,(H,2,3)/t10?,11-,12?,14?,15?;;/m0../s1. The molecule has 30 heavy (non-hydrogen) atoms. The largest absolute Gasteiger partial charge is 0.483 e. The van der Waals surface area contributed by atoms with Crippen molar-refractivity contribution in [1.29, 1.82) is 0 Å². The quantitative estimate of drug-likeness (QED) is 0.519. The minimum absolute atomic E-state index is 0.00874. The molecule has 0 saturated carbocycles. The zero-order valence-corrected chi connectivity index (χ0v) is 19.8. The van der Waals surface area contributed by atoms with E-state index in [-0.39, 0.29) is 18.9 Å². The molecule has 0 radical (unpaired) electrons. The molecule has 5 atom stereocenters. The molecule has 1 aliphatic heterocycles. The number of alkyl carbamates (subject to hydrolysis) is 1. The molecule has 0 spiro atoms. The van der Waals surface area contributed by atoms with Gasteiger partial charge >= 0.3 is 6.09 Å². The van der Waals surface area contributed by atoms with Gasteiger partial charge in [0.1, 0.15) is 12.1 Å². The number of hydrogen-bond donors (Lipinski definition) is 2. The molecule has 3 rings (SSSR count). The van der Waals surface area contributed by atoms with Crippen LogP contribution in [0.1, 0.15) is 55.4 Å². The normalized spacial score (nSPS) is 28.5. The van der Waals surface area contributed by atoms with E-state index in [1.54, 1.807) is 5.57 Å². The van der Waals surface area contributed by atoms with Crippen molar-refractivity contribution < 1.29 is 24.2 Å². The van der Waals surface area contributed by atoms with Gasteiger partial charge in [0, 0.05) is 19.0 Å². The summed E-state index contributed by atoms with van der Waals surface area (Å²) in [6.45, 7) is 17.9. The second-order valence-electron chi connectivity index (χ2n) is 10.2. The Hall–Kier alpha value is -2.05. The second kappa shape index (κ2) is 10.8. The van der Waals surface area contributed by atoms with E-state index in [1.807, 2.05) is 25.7 Å². The SMILES string of the molecule is CC(C)C.CC1C2C=C(C3CN(C(=O)CNC(=O)OC(C)(C)C)CC32)[C@H]1C.O=CO. The number of hydrogen-bond acceptors (Lipinski definition) is 4. The van der Waals surface area contributed by atoms with Crippen LogP contribution in [0.2, 0.25) is 0 Å². The summed E-state index contributed by atoms with van der Waals surface area (Å²) in [6.07, 6.45) is 1.93. The van der Waals surface area contributed by atoms with Gasteiger partial charge in [-0.05, 0) is 50.4 Å². The maximum absolute atomic E-state index is 12.4. The van der Waals surface area contributed by atoms with E-state index < -0.39 is 11.7 Å². The van der Waals surface area contributed by atoms with E-state index in [4.69, 9.17) is 14.6 Å². The van der Waals surface area contributed by atoms with E-state index in [1.165, 1.54) is 0 Å². The molecule has 2 bridgehead atoms. The van der Waals surface area contributed by atoms with Crippen molar-refractivity contribution >= 4 is 18.5 Å². The van der Waals surface area contributed by atoms with E-state index in [9.17, 15) is 9.59 Å². The Labute approximate surface area is 181 Å². The smallest absolute Gasteiger partial charge is 0.408 e. The van der Waals surface area contributed by atoms with E-state index >= 15 is 0 Å². The molecule has 2 aliphatic carbocycles. The Morgan fingerprint density at radius 1 is 1.27 bits per heavy atom. The van der Waals surface area contributed by atoms with Crippen LogP contribution < -0.4 is 5.32 Å². The first kappa shape index (κ1) is 26.0. The number of fused-ring (bicyclic) bond motifs is 4. The fourth-order valence-electron chi connectivity index (χ4n) is 4.49. The minimum Gasteiger partial charge on any atom is -0.483 e. The molecule has 1 fully saturated rings. The molecular weight excluding hydrogens is 384 g/mol. The van der Waals surface area contributed by atoms with Gasteiger partial charge < -0.3 is 20.1 Å². The number of carbonyl (C=O) groups is 3. The van der Waals surface area contributed by atoms with Crippen molar-refractivity contribution in [3.63, 3.8) is 0 Å². The van der Waals surface area contributed by atoms with Crippen LogP contribution in [0.15, 0.2) is 11.6 Å². The highest BCUT2D eigenvalue weighted by molar-refractivity contribution is 5.82. The van der Waals surface area contributed by atoms with Gasteiger partial charge in [-0.1, -0.05) is 46.3 Å². The van der Waals surface area contributed by atoms with Crippen molar-refractivity contribution in [2.75, 3.05) is 19.6 Å². The van der Waals surface area contributed by atoms with Gasteiger partial charge in [0.25, 0.3) is 6.47 Å². The summed E-state index contributed by atoms with van der Waals surface area (Å²) in [4.78, 5) is 34.3. The highest BCUT2D eigenvalue weighted by Crippen LogP contribution is 2.55. The van der Waals surface area contributed by atoms with Crippen LogP contribution in [0.4, 0.5) is 4.79 Å². The molecule has 7 nitrogen and oxygen atoms in total. The van der Waals surface area contributed by atoms with Gasteiger partial charge in [-0.3, -0.25) is 9.59 Å². The number of allylic oxidation sites excluding steroid dienone is 1. The monoisotopic (exact) mass is 424 g/mol. The maximum atomic E-state index is 12.4. The lowest BCUT2D eigenvalue weighted by atomic mass is 9.70. The number of rotatable bonds is 2. The molecule has 0 aromatic heterocycles. The Bertz CT molecular complexity index is 635. The van der Waals surface area contributed by atoms with Crippen molar-refractivity contribution in [3.05, 3.63) is 11.6 Å². The molecule has 7 heteroatoms. The second-order valence-corrected chi connectivity index (χ2v) is 10.2. The number of nitrogens with one attached hydrogen (secondary N) is 1. The van der Waals surface area contributed by atoms with Gasteiger partial charge in [0.2, 0.25) is 5.91 Å². The molecule has 1 heterocycles. The predicted molar refractivity (Wildman–Crippen MR) is 117 cm³/mol. The number of amides is 2. The zero-order chi connectivity index (χ0) is 23.2. The van der Waals surface area contributed by atoms with Gasteiger partial charge in [-0.15, -0.1) is 0 Å². The highest BCUT2D eigenvalue weighted by Gasteiger charge is 2.53. The fraction of sp³-hybridized carbons (Fsp3) is 0.783. The molecule has 0 aromatic carbocycles. The predicted octanol–water partition coefficient (Wildman–Crippen LogP) is 3.79. The Balaban J connectivity index is 0.000000564. The first-order valence-electron chi connectivity index (χ1n) is 10.9. The van der Waals surface area contributed by atoms with Crippen molar-refractivity contribution in [3.8, 4) is 0 Å². The summed E-state index contributed by atoms with van der Waals surface area (Å²) in [5.41, 5.74) is 1.01. The number of likely N-dealkylation sites (tertiary alicyclic amines) is 1. The number of carboxylic acid groups (broad SMARTS) is 1. The number of ether oxygens (including phenoxy) is 1. The lowest BCUT2D eigenvalue weighted by molar-refractivity contribution is -0.129. The minimum atomic E-state index is -0.546. The number of carbonyl (C=O) groups excluding carboxylic acids is 2. The molecule has 4 unspecified atom stereocenters. The van der Waals surface area contributed by atoms with E-state index in [0.29, 0.717) is 29.6 Å². The van der Waals surface area contributed by atoms with E-state index in [2.05, 4.69) is 46.0 Å².